The van der Waals surface area contributed by atoms with Gasteiger partial charge < -0.3 is 16.0 Å². The predicted octanol–water partition coefficient (Wildman–Crippen LogP) is 4.16. The second-order valence-corrected chi connectivity index (χ2v) is 8.33. The van der Waals surface area contributed by atoms with E-state index in [9.17, 15) is 4.79 Å². The number of hydrogen-bond acceptors (Lipinski definition) is 3. The van der Waals surface area contributed by atoms with E-state index in [0.717, 1.165) is 57.0 Å². The van der Waals surface area contributed by atoms with Gasteiger partial charge in [0.15, 0.2) is 5.96 Å². The van der Waals surface area contributed by atoms with Gasteiger partial charge in [-0.05, 0) is 49.4 Å². The molecule has 180 valence electrons. The standard InChI is InChI=1S/C26H37N5O.HI/c1-3-15-28-25(32)23-12-8-11-22(18-23)19-29-26(27-4-2)30-24-13-16-31(17-14-24)20-21-9-6-5-7-10-21;/h5-12,18,24H,3-4,13-17,19-20H2,1-2H3,(H,28,32)(H2,27,29,30);1H. The van der Waals surface area contributed by atoms with E-state index < -0.39 is 0 Å². The summed E-state index contributed by atoms with van der Waals surface area (Å²) in [6.07, 6.45) is 3.13. The van der Waals surface area contributed by atoms with Gasteiger partial charge in [0.05, 0.1) is 6.54 Å². The van der Waals surface area contributed by atoms with Crippen LogP contribution >= 0.6 is 24.0 Å². The number of halogens is 1. The van der Waals surface area contributed by atoms with Crippen LogP contribution in [0.25, 0.3) is 0 Å². The summed E-state index contributed by atoms with van der Waals surface area (Å²) in [6.45, 7) is 9.37. The third kappa shape index (κ3) is 9.33. The third-order valence-corrected chi connectivity index (χ3v) is 5.67. The molecule has 7 heteroatoms. The molecule has 0 saturated carbocycles. The summed E-state index contributed by atoms with van der Waals surface area (Å²) >= 11 is 0. The Morgan fingerprint density at radius 1 is 1.00 bits per heavy atom. The third-order valence-electron chi connectivity index (χ3n) is 5.67. The lowest BCUT2D eigenvalue weighted by Crippen LogP contribution is -2.48. The lowest BCUT2D eigenvalue weighted by atomic mass is 10.0. The Morgan fingerprint density at radius 3 is 2.42 bits per heavy atom. The Morgan fingerprint density at radius 2 is 1.73 bits per heavy atom. The molecule has 0 atom stereocenters. The van der Waals surface area contributed by atoms with Crippen LogP contribution in [0.1, 0.15) is 54.6 Å². The van der Waals surface area contributed by atoms with Gasteiger partial charge in [-0.1, -0.05) is 49.4 Å². The molecular formula is C26H38IN5O. The summed E-state index contributed by atoms with van der Waals surface area (Å²) in [5.74, 6) is 0.819. The first-order valence-corrected chi connectivity index (χ1v) is 11.9. The van der Waals surface area contributed by atoms with Crippen LogP contribution in [-0.4, -0.2) is 49.0 Å². The number of carbonyl (C=O) groups is 1. The first-order valence-electron chi connectivity index (χ1n) is 11.9. The molecule has 1 heterocycles. The molecule has 1 fully saturated rings. The minimum atomic E-state index is -0.0232. The van der Waals surface area contributed by atoms with Gasteiger partial charge in [-0.15, -0.1) is 24.0 Å². The minimum absolute atomic E-state index is 0. The fraction of sp³-hybridized carbons (Fsp3) is 0.462. The van der Waals surface area contributed by atoms with E-state index in [0.29, 0.717) is 24.7 Å². The van der Waals surface area contributed by atoms with Gasteiger partial charge in [-0.3, -0.25) is 9.69 Å². The molecule has 6 nitrogen and oxygen atoms in total. The highest BCUT2D eigenvalue weighted by molar-refractivity contribution is 14.0. The zero-order chi connectivity index (χ0) is 22.6. The number of guanidine groups is 1. The molecule has 2 aromatic carbocycles. The molecule has 0 unspecified atom stereocenters. The second-order valence-electron chi connectivity index (χ2n) is 8.33. The minimum Gasteiger partial charge on any atom is -0.357 e. The Kier molecular flexibility index (Phi) is 12.2. The van der Waals surface area contributed by atoms with Crippen molar-refractivity contribution in [3.05, 3.63) is 71.3 Å². The molecule has 1 amide bonds. The first-order chi connectivity index (χ1) is 15.7. The van der Waals surface area contributed by atoms with Crippen molar-refractivity contribution in [1.29, 1.82) is 0 Å². The maximum absolute atomic E-state index is 12.2. The van der Waals surface area contributed by atoms with E-state index >= 15 is 0 Å². The first kappa shape index (κ1) is 27.1. The van der Waals surface area contributed by atoms with E-state index in [1.807, 2.05) is 31.2 Å². The van der Waals surface area contributed by atoms with Gasteiger partial charge in [-0.2, -0.15) is 0 Å². The number of rotatable bonds is 9. The number of nitrogens with one attached hydrogen (secondary N) is 3. The molecule has 0 bridgehead atoms. The summed E-state index contributed by atoms with van der Waals surface area (Å²) in [6, 6.07) is 18.8. The largest absolute Gasteiger partial charge is 0.357 e. The maximum atomic E-state index is 12.2. The molecule has 0 aliphatic carbocycles. The normalized spacial score (nSPS) is 14.9. The molecule has 1 saturated heterocycles. The zero-order valence-electron chi connectivity index (χ0n) is 19.8. The van der Waals surface area contributed by atoms with E-state index in [1.165, 1.54) is 5.56 Å². The topological polar surface area (TPSA) is 68.8 Å². The Bertz CT molecular complexity index is 866. The Balaban J connectivity index is 0.00000385. The number of aliphatic imine (C=N–C) groups is 1. The van der Waals surface area contributed by atoms with Crippen LogP contribution in [0.4, 0.5) is 0 Å². The molecule has 0 spiro atoms. The molecule has 0 aromatic heterocycles. The summed E-state index contributed by atoms with van der Waals surface area (Å²) in [5.41, 5.74) is 3.10. The van der Waals surface area contributed by atoms with Gasteiger partial charge in [0.1, 0.15) is 0 Å². The fourth-order valence-corrected chi connectivity index (χ4v) is 3.91. The van der Waals surface area contributed by atoms with E-state index in [4.69, 9.17) is 4.99 Å². The summed E-state index contributed by atoms with van der Waals surface area (Å²) < 4.78 is 0. The van der Waals surface area contributed by atoms with Crippen LogP contribution in [0.5, 0.6) is 0 Å². The Hall–Kier alpha value is -2.13. The predicted molar refractivity (Wildman–Crippen MR) is 147 cm³/mol. The zero-order valence-corrected chi connectivity index (χ0v) is 22.2. The van der Waals surface area contributed by atoms with Crippen LogP contribution < -0.4 is 16.0 Å². The second kappa shape index (κ2) is 14.9. The molecule has 0 radical (unpaired) electrons. The lowest BCUT2D eigenvalue weighted by molar-refractivity contribution is 0.0953. The lowest BCUT2D eigenvalue weighted by Gasteiger charge is -2.33. The average Bonchev–Trinajstić information content (AvgIpc) is 2.83. The van der Waals surface area contributed by atoms with Gasteiger partial charge >= 0.3 is 0 Å². The number of nitrogens with zero attached hydrogens (tertiary/aromatic N) is 2. The van der Waals surface area contributed by atoms with Crippen molar-refractivity contribution in [3.8, 4) is 0 Å². The van der Waals surface area contributed by atoms with Gasteiger partial charge in [0.25, 0.3) is 5.91 Å². The van der Waals surface area contributed by atoms with Crippen molar-refractivity contribution in [2.45, 2.75) is 52.2 Å². The van der Waals surface area contributed by atoms with Gasteiger partial charge in [-0.25, -0.2) is 4.99 Å². The van der Waals surface area contributed by atoms with Crippen molar-refractivity contribution in [2.24, 2.45) is 4.99 Å². The number of piperidine rings is 1. The van der Waals surface area contributed by atoms with Crippen molar-refractivity contribution < 1.29 is 4.79 Å². The molecule has 33 heavy (non-hydrogen) atoms. The van der Waals surface area contributed by atoms with E-state index in [2.05, 4.69) is 58.1 Å². The number of hydrogen-bond donors (Lipinski definition) is 3. The highest BCUT2D eigenvalue weighted by atomic mass is 127. The van der Waals surface area contributed by atoms with Crippen LogP contribution in [0.2, 0.25) is 0 Å². The van der Waals surface area contributed by atoms with Crippen molar-refractivity contribution >= 4 is 35.8 Å². The fourth-order valence-electron chi connectivity index (χ4n) is 3.91. The van der Waals surface area contributed by atoms with Gasteiger partial charge in [0, 0.05) is 44.3 Å². The van der Waals surface area contributed by atoms with Crippen molar-refractivity contribution in [3.63, 3.8) is 0 Å². The molecule has 1 aliphatic rings. The van der Waals surface area contributed by atoms with Crippen LogP contribution in [-0.2, 0) is 13.1 Å². The number of benzene rings is 2. The SMILES string of the molecule is CCCNC(=O)c1cccc(CN=C(NCC)NC2CCN(Cc3ccccc3)CC2)c1.I. The van der Waals surface area contributed by atoms with Crippen LogP contribution in [0.3, 0.4) is 0 Å². The van der Waals surface area contributed by atoms with E-state index in [1.54, 1.807) is 0 Å². The maximum Gasteiger partial charge on any atom is 0.251 e. The number of likely N-dealkylation sites (tertiary alicyclic amines) is 1. The number of amides is 1. The molecule has 2 aromatic rings. The molecule has 3 N–H and O–H groups in total. The number of carbonyl (C=O) groups excluding carboxylic acids is 1. The molecule has 1 aliphatic heterocycles. The summed E-state index contributed by atoms with van der Waals surface area (Å²) in [5, 5.41) is 9.90. The molecule has 3 rings (SSSR count). The summed E-state index contributed by atoms with van der Waals surface area (Å²) in [7, 11) is 0. The Labute approximate surface area is 215 Å². The highest BCUT2D eigenvalue weighted by Gasteiger charge is 2.20. The van der Waals surface area contributed by atoms with Crippen molar-refractivity contribution in [2.75, 3.05) is 26.2 Å². The van der Waals surface area contributed by atoms with Gasteiger partial charge in [0.2, 0.25) is 0 Å². The monoisotopic (exact) mass is 563 g/mol. The molecular weight excluding hydrogens is 525 g/mol. The average molecular weight is 564 g/mol. The highest BCUT2D eigenvalue weighted by Crippen LogP contribution is 2.14. The smallest absolute Gasteiger partial charge is 0.251 e. The van der Waals surface area contributed by atoms with Crippen LogP contribution in [0, 0.1) is 0 Å². The van der Waals surface area contributed by atoms with E-state index in [-0.39, 0.29) is 29.9 Å². The van der Waals surface area contributed by atoms with Crippen LogP contribution in [0.15, 0.2) is 59.6 Å². The summed E-state index contributed by atoms with van der Waals surface area (Å²) in [4.78, 5) is 19.5. The quantitative estimate of drug-likeness (QED) is 0.244. The van der Waals surface area contributed by atoms with Crippen molar-refractivity contribution in [1.82, 2.24) is 20.9 Å².